The molecule has 0 radical (unpaired) electrons. The van der Waals surface area contributed by atoms with Gasteiger partial charge in [-0.05, 0) is 12.8 Å². The highest BCUT2D eigenvalue weighted by Gasteiger charge is 2.30. The topological polar surface area (TPSA) is 26.3 Å². The van der Waals surface area contributed by atoms with Crippen molar-refractivity contribution in [1.82, 2.24) is 0 Å². The van der Waals surface area contributed by atoms with Gasteiger partial charge in [0.25, 0.3) is 0 Å². The van der Waals surface area contributed by atoms with E-state index in [0.29, 0.717) is 12.3 Å². The van der Waals surface area contributed by atoms with Crippen LogP contribution in [-0.4, -0.2) is 12.1 Å². The molecule has 0 spiro atoms. The number of cyclic esters (lactones) is 1. The number of carbonyl (C=O) groups is 1. The minimum absolute atomic E-state index is 0.00649. The summed E-state index contributed by atoms with van der Waals surface area (Å²) in [7, 11) is 0. The van der Waals surface area contributed by atoms with Crippen LogP contribution in [0, 0.1) is 5.92 Å². The van der Waals surface area contributed by atoms with Crippen molar-refractivity contribution in [2.75, 3.05) is 0 Å². The maximum atomic E-state index is 10.9. The molecule has 0 aromatic carbocycles. The molecule has 13 heavy (non-hydrogen) atoms. The summed E-state index contributed by atoms with van der Waals surface area (Å²) in [5.41, 5.74) is 0. The van der Waals surface area contributed by atoms with Crippen molar-refractivity contribution in [3.05, 3.63) is 0 Å². The molecule has 0 amide bonds. The Balaban J connectivity index is 2.11. The van der Waals surface area contributed by atoms with Gasteiger partial charge in [0.1, 0.15) is 6.10 Å². The predicted molar refractivity (Wildman–Crippen MR) is 52.4 cm³/mol. The zero-order valence-corrected chi connectivity index (χ0v) is 8.71. The van der Waals surface area contributed by atoms with Crippen LogP contribution >= 0.6 is 0 Å². The maximum Gasteiger partial charge on any atom is 0.306 e. The number of hydrogen-bond donors (Lipinski definition) is 0. The van der Waals surface area contributed by atoms with Gasteiger partial charge in [0, 0.05) is 5.92 Å². The molecule has 1 fully saturated rings. The summed E-state index contributed by atoms with van der Waals surface area (Å²) in [6.45, 7) is 4.31. The minimum atomic E-state index is -0.00649. The summed E-state index contributed by atoms with van der Waals surface area (Å²) >= 11 is 0. The van der Waals surface area contributed by atoms with Crippen LogP contribution in [0.4, 0.5) is 0 Å². The third kappa shape index (κ3) is 3.37. The third-order valence-corrected chi connectivity index (χ3v) is 2.75. The van der Waals surface area contributed by atoms with Gasteiger partial charge in [-0.1, -0.05) is 33.1 Å². The first-order chi connectivity index (χ1) is 6.24. The molecule has 0 aromatic heterocycles. The molecule has 76 valence electrons. The Morgan fingerprint density at radius 3 is 2.69 bits per heavy atom. The number of hydrogen-bond acceptors (Lipinski definition) is 2. The Labute approximate surface area is 80.7 Å². The van der Waals surface area contributed by atoms with Gasteiger partial charge in [0.05, 0.1) is 6.42 Å². The first kappa shape index (κ1) is 10.6. The lowest BCUT2D eigenvalue weighted by Gasteiger charge is -2.12. The van der Waals surface area contributed by atoms with E-state index in [1.165, 1.54) is 25.7 Å². The first-order valence-electron chi connectivity index (χ1n) is 5.43. The van der Waals surface area contributed by atoms with Crippen LogP contribution in [0.1, 0.15) is 52.4 Å². The van der Waals surface area contributed by atoms with Crippen LogP contribution < -0.4 is 0 Å². The van der Waals surface area contributed by atoms with E-state index in [0.717, 1.165) is 6.42 Å². The van der Waals surface area contributed by atoms with Crippen LogP contribution in [0.3, 0.4) is 0 Å². The molecule has 1 rings (SSSR count). The van der Waals surface area contributed by atoms with Crippen molar-refractivity contribution in [2.45, 2.75) is 58.5 Å². The van der Waals surface area contributed by atoms with Gasteiger partial charge >= 0.3 is 5.97 Å². The zero-order chi connectivity index (χ0) is 9.68. The van der Waals surface area contributed by atoms with Crippen molar-refractivity contribution in [2.24, 2.45) is 5.92 Å². The number of esters is 1. The number of rotatable bonds is 5. The van der Waals surface area contributed by atoms with Crippen LogP contribution in [0.2, 0.25) is 0 Å². The summed E-state index contributed by atoms with van der Waals surface area (Å²) in [4.78, 5) is 10.9. The van der Waals surface area contributed by atoms with Crippen molar-refractivity contribution in [3.63, 3.8) is 0 Å². The lowest BCUT2D eigenvalue weighted by atomic mass is 9.98. The zero-order valence-electron chi connectivity index (χ0n) is 8.71. The second-order valence-electron chi connectivity index (χ2n) is 4.06. The molecule has 0 N–H and O–H groups in total. The summed E-state index contributed by atoms with van der Waals surface area (Å²) < 4.78 is 5.21. The molecule has 1 heterocycles. The number of ether oxygens (including phenoxy) is 1. The van der Waals surface area contributed by atoms with Gasteiger partial charge in [-0.15, -0.1) is 0 Å². The quantitative estimate of drug-likeness (QED) is 0.485. The van der Waals surface area contributed by atoms with Gasteiger partial charge < -0.3 is 4.74 Å². The Kier molecular flexibility index (Phi) is 4.26. The van der Waals surface area contributed by atoms with Crippen LogP contribution in [-0.2, 0) is 9.53 Å². The molecule has 2 nitrogen and oxygen atoms in total. The highest BCUT2D eigenvalue weighted by Crippen LogP contribution is 2.25. The highest BCUT2D eigenvalue weighted by molar-refractivity contribution is 5.71. The molecule has 0 aliphatic carbocycles. The highest BCUT2D eigenvalue weighted by atomic mass is 16.5. The second-order valence-corrected chi connectivity index (χ2v) is 4.06. The van der Waals surface area contributed by atoms with E-state index in [-0.39, 0.29) is 12.1 Å². The Morgan fingerprint density at radius 1 is 1.38 bits per heavy atom. The molecular formula is C11H20O2. The summed E-state index contributed by atoms with van der Waals surface area (Å²) in [6.07, 6.45) is 6.94. The van der Waals surface area contributed by atoms with E-state index < -0.39 is 0 Å². The van der Waals surface area contributed by atoms with Crippen molar-refractivity contribution >= 4 is 5.97 Å². The SMILES string of the molecule is CCCCCC[C@@H]1OC(=O)C[C@H]1C. The summed E-state index contributed by atoms with van der Waals surface area (Å²) in [5.74, 6) is 0.433. The summed E-state index contributed by atoms with van der Waals surface area (Å²) in [5, 5.41) is 0. The predicted octanol–water partition coefficient (Wildman–Crippen LogP) is 2.91. The first-order valence-corrected chi connectivity index (χ1v) is 5.43. The van der Waals surface area contributed by atoms with Crippen molar-refractivity contribution < 1.29 is 9.53 Å². The molecule has 2 heteroatoms. The largest absolute Gasteiger partial charge is 0.462 e. The monoisotopic (exact) mass is 184 g/mol. The molecule has 0 saturated carbocycles. The van der Waals surface area contributed by atoms with E-state index in [9.17, 15) is 4.79 Å². The normalized spacial score (nSPS) is 27.7. The van der Waals surface area contributed by atoms with Gasteiger partial charge in [0.15, 0.2) is 0 Å². The van der Waals surface area contributed by atoms with Crippen LogP contribution in [0.5, 0.6) is 0 Å². The van der Waals surface area contributed by atoms with Crippen LogP contribution in [0.15, 0.2) is 0 Å². The summed E-state index contributed by atoms with van der Waals surface area (Å²) in [6, 6.07) is 0. The Morgan fingerprint density at radius 2 is 2.15 bits per heavy atom. The molecule has 1 saturated heterocycles. The van der Waals surface area contributed by atoms with E-state index >= 15 is 0 Å². The molecule has 0 unspecified atom stereocenters. The average Bonchev–Trinajstić information content (AvgIpc) is 2.39. The van der Waals surface area contributed by atoms with Gasteiger partial charge in [-0.3, -0.25) is 4.79 Å². The standard InChI is InChI=1S/C11H20O2/c1-3-4-5-6-7-10-9(2)8-11(12)13-10/h9-10H,3-8H2,1-2H3/t9-,10+/m1/s1. The molecule has 0 aromatic rings. The fourth-order valence-electron chi connectivity index (χ4n) is 1.84. The molecule has 1 aliphatic rings. The number of carbonyl (C=O) groups excluding carboxylic acids is 1. The van der Waals surface area contributed by atoms with Crippen LogP contribution in [0.25, 0.3) is 0 Å². The molecule has 1 aliphatic heterocycles. The average molecular weight is 184 g/mol. The van der Waals surface area contributed by atoms with Crippen molar-refractivity contribution in [1.29, 1.82) is 0 Å². The lowest BCUT2D eigenvalue weighted by Crippen LogP contribution is -2.12. The van der Waals surface area contributed by atoms with Gasteiger partial charge in [-0.25, -0.2) is 0 Å². The number of unbranched alkanes of at least 4 members (excludes halogenated alkanes) is 3. The second kappa shape index (κ2) is 5.25. The van der Waals surface area contributed by atoms with E-state index in [2.05, 4.69) is 13.8 Å². The lowest BCUT2D eigenvalue weighted by molar-refractivity contribution is -0.141. The Bertz CT molecular complexity index is 165. The minimum Gasteiger partial charge on any atom is -0.462 e. The van der Waals surface area contributed by atoms with E-state index in [4.69, 9.17) is 4.74 Å². The maximum absolute atomic E-state index is 10.9. The third-order valence-electron chi connectivity index (χ3n) is 2.75. The fourth-order valence-corrected chi connectivity index (χ4v) is 1.84. The van der Waals surface area contributed by atoms with Crippen molar-refractivity contribution in [3.8, 4) is 0 Å². The van der Waals surface area contributed by atoms with E-state index in [1.807, 2.05) is 0 Å². The van der Waals surface area contributed by atoms with E-state index in [1.54, 1.807) is 0 Å². The molecular weight excluding hydrogens is 164 g/mol. The molecule has 2 atom stereocenters. The van der Waals surface area contributed by atoms with Gasteiger partial charge in [0.2, 0.25) is 0 Å². The van der Waals surface area contributed by atoms with Gasteiger partial charge in [-0.2, -0.15) is 0 Å². The fraction of sp³-hybridized carbons (Fsp3) is 0.909. The smallest absolute Gasteiger partial charge is 0.306 e. The molecule has 0 bridgehead atoms. The Hall–Kier alpha value is -0.530.